The summed E-state index contributed by atoms with van der Waals surface area (Å²) in [4.78, 5) is 8.79. The van der Waals surface area contributed by atoms with Gasteiger partial charge in [0.1, 0.15) is 17.3 Å². The van der Waals surface area contributed by atoms with Gasteiger partial charge in [-0.3, -0.25) is 0 Å². The van der Waals surface area contributed by atoms with Gasteiger partial charge >= 0.3 is 0 Å². The highest BCUT2D eigenvalue weighted by atomic mass is 32.2. The van der Waals surface area contributed by atoms with Gasteiger partial charge in [-0.25, -0.2) is 18.8 Å². The first-order valence-electron chi connectivity index (χ1n) is 9.33. The Morgan fingerprint density at radius 1 is 1.19 bits per heavy atom. The molecule has 0 amide bonds. The number of halogens is 2. The van der Waals surface area contributed by atoms with E-state index in [1.807, 2.05) is 12.1 Å². The minimum atomic E-state index is -0.751. The van der Waals surface area contributed by atoms with E-state index in [1.54, 1.807) is 32.2 Å². The Balaban J connectivity index is 1.94. The summed E-state index contributed by atoms with van der Waals surface area (Å²) in [5, 5.41) is 10.2. The van der Waals surface area contributed by atoms with E-state index in [1.165, 1.54) is 19.2 Å². The molecule has 0 aliphatic carbocycles. The van der Waals surface area contributed by atoms with Crippen molar-refractivity contribution in [2.24, 2.45) is 10.7 Å². The number of hydrogen-bond acceptors (Lipinski definition) is 6. The summed E-state index contributed by atoms with van der Waals surface area (Å²) in [6, 6.07) is 10.6. The number of amidine groups is 1. The fourth-order valence-electron chi connectivity index (χ4n) is 2.87. The van der Waals surface area contributed by atoms with Crippen molar-refractivity contribution in [3.8, 4) is 17.0 Å². The summed E-state index contributed by atoms with van der Waals surface area (Å²) in [6.07, 6.45) is 0.879. The van der Waals surface area contributed by atoms with Gasteiger partial charge in [-0.05, 0) is 61.7 Å². The number of pyridine rings is 1. The van der Waals surface area contributed by atoms with Crippen LogP contribution in [-0.2, 0) is 0 Å². The first kappa shape index (κ1) is 22.5. The minimum Gasteiger partial charge on any atom is -0.480 e. The lowest BCUT2D eigenvalue weighted by atomic mass is 10.0. The molecule has 3 rings (SSSR count). The third-order valence-corrected chi connectivity index (χ3v) is 5.19. The SMILES string of the molecule is COc1ncc(-c2ccc(N=C(C)N)c(C(C)O)c2)cc1NSc1ccc(F)cc1F. The number of nitrogens with one attached hydrogen (secondary N) is 1. The number of methoxy groups -OCH3 is 1. The molecule has 2 aromatic carbocycles. The third kappa shape index (κ3) is 5.50. The Kier molecular flexibility index (Phi) is 7.09. The Morgan fingerprint density at radius 3 is 2.61 bits per heavy atom. The lowest BCUT2D eigenvalue weighted by molar-refractivity contribution is 0.200. The number of nitrogens with zero attached hydrogens (tertiary/aromatic N) is 2. The number of nitrogens with two attached hydrogens (primary N) is 1. The Bertz CT molecular complexity index is 1120. The lowest BCUT2D eigenvalue weighted by Gasteiger charge is -2.14. The number of ether oxygens (including phenoxy) is 1. The fourth-order valence-corrected chi connectivity index (χ4v) is 3.53. The molecule has 4 N–H and O–H groups in total. The molecule has 0 fully saturated rings. The van der Waals surface area contributed by atoms with E-state index in [0.717, 1.165) is 29.1 Å². The minimum absolute atomic E-state index is 0.226. The second kappa shape index (κ2) is 9.76. The largest absolute Gasteiger partial charge is 0.480 e. The number of aromatic nitrogens is 1. The van der Waals surface area contributed by atoms with Gasteiger partial charge in [0.15, 0.2) is 0 Å². The molecule has 9 heteroatoms. The van der Waals surface area contributed by atoms with E-state index in [0.29, 0.717) is 28.7 Å². The Morgan fingerprint density at radius 2 is 1.97 bits per heavy atom. The molecular weight excluding hydrogens is 422 g/mol. The number of anilines is 1. The van der Waals surface area contributed by atoms with Gasteiger partial charge < -0.3 is 20.3 Å². The third-order valence-electron chi connectivity index (χ3n) is 4.32. The average molecular weight is 445 g/mol. The van der Waals surface area contributed by atoms with Crippen molar-refractivity contribution in [2.75, 3.05) is 11.8 Å². The highest BCUT2D eigenvalue weighted by Gasteiger charge is 2.13. The van der Waals surface area contributed by atoms with E-state index in [2.05, 4.69) is 14.7 Å². The van der Waals surface area contributed by atoms with Crippen molar-refractivity contribution >= 4 is 29.2 Å². The van der Waals surface area contributed by atoms with E-state index in [4.69, 9.17) is 10.5 Å². The van der Waals surface area contributed by atoms with E-state index >= 15 is 0 Å². The molecule has 0 spiro atoms. The van der Waals surface area contributed by atoms with Crippen LogP contribution in [0.5, 0.6) is 5.88 Å². The Hall–Kier alpha value is -3.17. The fraction of sp³-hybridized carbons (Fsp3) is 0.182. The van der Waals surface area contributed by atoms with Crippen LogP contribution in [0.15, 0.2) is 58.5 Å². The van der Waals surface area contributed by atoms with Gasteiger partial charge in [0.2, 0.25) is 5.88 Å². The summed E-state index contributed by atoms with van der Waals surface area (Å²) in [5.41, 5.74) is 8.93. The van der Waals surface area contributed by atoms with Crippen LogP contribution >= 0.6 is 11.9 Å². The maximum atomic E-state index is 13.9. The lowest BCUT2D eigenvalue weighted by Crippen LogP contribution is -2.05. The highest BCUT2D eigenvalue weighted by Crippen LogP contribution is 2.35. The normalized spacial score (nSPS) is 12.5. The first-order chi connectivity index (χ1) is 14.8. The van der Waals surface area contributed by atoms with Crippen molar-refractivity contribution in [2.45, 2.75) is 24.8 Å². The molecule has 0 radical (unpaired) electrons. The molecule has 0 bridgehead atoms. The molecule has 1 heterocycles. The first-order valence-corrected chi connectivity index (χ1v) is 10.1. The molecule has 3 aromatic rings. The van der Waals surface area contributed by atoms with Crippen LogP contribution in [0.3, 0.4) is 0 Å². The number of aliphatic imine (C=N–C) groups is 1. The summed E-state index contributed by atoms with van der Waals surface area (Å²) in [6.45, 7) is 3.32. The smallest absolute Gasteiger partial charge is 0.237 e. The van der Waals surface area contributed by atoms with Crippen molar-refractivity contribution < 1.29 is 18.6 Å². The molecule has 1 atom stereocenters. The standard InChI is InChI=1S/C22H22F2N4O2S/c1-12(29)17-8-14(4-6-19(17)27-13(2)25)15-9-20(22(30-3)26-11-15)28-31-21-7-5-16(23)10-18(21)24/h4-12,28-29H,1-3H3,(H2,25,27). The van der Waals surface area contributed by atoms with Crippen molar-refractivity contribution in [1.29, 1.82) is 0 Å². The average Bonchev–Trinajstić information content (AvgIpc) is 2.72. The zero-order valence-corrected chi connectivity index (χ0v) is 18.0. The monoisotopic (exact) mass is 444 g/mol. The Labute approximate surface area is 183 Å². The second-order valence-electron chi connectivity index (χ2n) is 6.76. The number of rotatable bonds is 7. The van der Waals surface area contributed by atoms with Crippen LogP contribution in [0.1, 0.15) is 25.5 Å². The molecule has 162 valence electrons. The van der Waals surface area contributed by atoms with E-state index < -0.39 is 17.7 Å². The summed E-state index contributed by atoms with van der Waals surface area (Å²) < 4.78 is 35.4. The summed E-state index contributed by atoms with van der Waals surface area (Å²) >= 11 is 0.976. The van der Waals surface area contributed by atoms with Gasteiger partial charge in [0.25, 0.3) is 0 Å². The highest BCUT2D eigenvalue weighted by molar-refractivity contribution is 8.00. The van der Waals surface area contributed by atoms with Gasteiger partial charge in [0, 0.05) is 23.4 Å². The van der Waals surface area contributed by atoms with Crippen LogP contribution in [0.25, 0.3) is 11.1 Å². The quantitative estimate of drug-likeness (QED) is 0.263. The van der Waals surface area contributed by atoms with Crippen LogP contribution in [0.2, 0.25) is 0 Å². The molecule has 31 heavy (non-hydrogen) atoms. The maximum absolute atomic E-state index is 13.9. The molecule has 0 saturated heterocycles. The van der Waals surface area contributed by atoms with Gasteiger partial charge in [-0.2, -0.15) is 0 Å². The van der Waals surface area contributed by atoms with Crippen molar-refractivity contribution in [1.82, 2.24) is 4.98 Å². The van der Waals surface area contributed by atoms with Gasteiger partial charge in [-0.1, -0.05) is 6.07 Å². The molecule has 0 aliphatic heterocycles. The predicted molar refractivity (Wildman–Crippen MR) is 120 cm³/mol. The topological polar surface area (TPSA) is 92.8 Å². The molecule has 1 unspecified atom stereocenters. The number of benzene rings is 2. The van der Waals surface area contributed by atoms with E-state index in [-0.39, 0.29) is 4.90 Å². The molecule has 0 saturated carbocycles. The molecular formula is C22H22F2N4O2S. The summed E-state index contributed by atoms with van der Waals surface area (Å²) in [7, 11) is 1.48. The van der Waals surface area contributed by atoms with Gasteiger partial charge in [0.05, 0.1) is 29.6 Å². The number of aliphatic hydroxyl groups is 1. The maximum Gasteiger partial charge on any atom is 0.237 e. The van der Waals surface area contributed by atoms with Crippen molar-refractivity contribution in [3.05, 3.63) is 65.9 Å². The second-order valence-corrected chi connectivity index (χ2v) is 7.61. The van der Waals surface area contributed by atoms with Crippen LogP contribution in [0.4, 0.5) is 20.2 Å². The van der Waals surface area contributed by atoms with Crippen LogP contribution < -0.4 is 15.2 Å². The number of aliphatic hydroxyl groups excluding tert-OH is 1. The van der Waals surface area contributed by atoms with Crippen LogP contribution in [0, 0.1) is 11.6 Å². The molecule has 1 aromatic heterocycles. The van der Waals surface area contributed by atoms with Crippen LogP contribution in [-0.4, -0.2) is 23.0 Å². The predicted octanol–water partition coefficient (Wildman–Crippen LogP) is 5.22. The van der Waals surface area contributed by atoms with Gasteiger partial charge in [-0.15, -0.1) is 0 Å². The molecule has 6 nitrogen and oxygen atoms in total. The number of hydrogen-bond donors (Lipinski definition) is 3. The summed E-state index contributed by atoms with van der Waals surface area (Å²) in [5.74, 6) is -0.616. The molecule has 0 aliphatic rings. The van der Waals surface area contributed by atoms with E-state index in [9.17, 15) is 13.9 Å². The van der Waals surface area contributed by atoms with Crippen molar-refractivity contribution in [3.63, 3.8) is 0 Å². The zero-order chi connectivity index (χ0) is 22.5. The zero-order valence-electron chi connectivity index (χ0n) is 17.2.